The topological polar surface area (TPSA) is 62.8 Å². The van der Waals surface area contributed by atoms with Crippen LogP contribution in [0.25, 0.3) is 12.2 Å². The first kappa shape index (κ1) is 13.7. The van der Waals surface area contributed by atoms with E-state index >= 15 is 0 Å². The molecule has 0 atom stereocenters. The van der Waals surface area contributed by atoms with Crippen molar-refractivity contribution in [1.82, 2.24) is 9.97 Å². The third kappa shape index (κ3) is 3.24. The first-order valence-corrected chi connectivity index (χ1v) is 7.87. The van der Waals surface area contributed by atoms with Crippen molar-refractivity contribution in [2.45, 2.75) is 0 Å². The second-order valence-electron chi connectivity index (χ2n) is 4.23. The average Bonchev–Trinajstić information content (AvgIpc) is 3.11. The summed E-state index contributed by atoms with van der Waals surface area (Å²) in [7, 11) is 0. The molecular formula is C15H10N2O2S2. The monoisotopic (exact) mass is 314 g/mol. The highest BCUT2D eigenvalue weighted by Gasteiger charge is 2.02. The molecule has 6 heteroatoms. The van der Waals surface area contributed by atoms with Gasteiger partial charge in [0, 0.05) is 24.0 Å². The lowest BCUT2D eigenvalue weighted by molar-refractivity contribution is 0.106. The first-order valence-electron chi connectivity index (χ1n) is 6.11. The molecule has 0 amide bonds. The Bertz CT molecular complexity index is 922. The largest absolute Gasteiger partial charge is 0.313 e. The van der Waals surface area contributed by atoms with E-state index in [1.807, 2.05) is 22.9 Å². The number of Topliss-reactive ketones (excluding diaryl/α,β-unsaturated/α-hetero) is 1. The third-order valence-corrected chi connectivity index (χ3v) is 4.41. The number of pyridine rings is 1. The van der Waals surface area contributed by atoms with Gasteiger partial charge < -0.3 is 4.98 Å². The summed E-state index contributed by atoms with van der Waals surface area (Å²) in [6.07, 6.45) is 6.38. The molecule has 104 valence electrons. The normalized spacial score (nSPS) is 12.8. The van der Waals surface area contributed by atoms with E-state index in [9.17, 15) is 9.59 Å². The van der Waals surface area contributed by atoms with E-state index in [-0.39, 0.29) is 11.3 Å². The van der Waals surface area contributed by atoms with E-state index in [0.29, 0.717) is 14.8 Å². The van der Waals surface area contributed by atoms with Crippen LogP contribution in [0.4, 0.5) is 0 Å². The average molecular weight is 314 g/mol. The van der Waals surface area contributed by atoms with Gasteiger partial charge in [0.15, 0.2) is 5.78 Å². The van der Waals surface area contributed by atoms with Gasteiger partial charge in [0.25, 0.3) is 5.56 Å². The number of aromatic nitrogens is 2. The highest BCUT2D eigenvalue weighted by atomic mass is 32.1. The molecule has 0 spiro atoms. The summed E-state index contributed by atoms with van der Waals surface area (Å²) >= 11 is 2.84. The molecule has 0 saturated carbocycles. The fourth-order valence-electron chi connectivity index (χ4n) is 1.75. The number of ketones is 1. The van der Waals surface area contributed by atoms with Crippen molar-refractivity contribution in [1.29, 1.82) is 0 Å². The molecule has 0 saturated heterocycles. The Kier molecular flexibility index (Phi) is 3.89. The molecule has 0 radical (unpaired) electrons. The zero-order chi connectivity index (χ0) is 14.7. The van der Waals surface area contributed by atoms with Gasteiger partial charge in [-0.15, -0.1) is 11.3 Å². The van der Waals surface area contributed by atoms with E-state index in [4.69, 9.17) is 0 Å². The van der Waals surface area contributed by atoms with Crippen LogP contribution in [0.2, 0.25) is 0 Å². The van der Waals surface area contributed by atoms with Crippen LogP contribution < -0.4 is 14.8 Å². The Balaban J connectivity index is 2.00. The molecule has 0 fully saturated rings. The van der Waals surface area contributed by atoms with E-state index in [0.717, 1.165) is 5.56 Å². The lowest BCUT2D eigenvalue weighted by atomic mass is 10.2. The van der Waals surface area contributed by atoms with Gasteiger partial charge >= 0.3 is 0 Å². The third-order valence-electron chi connectivity index (χ3n) is 2.75. The molecule has 0 bridgehead atoms. The molecule has 3 aromatic heterocycles. The van der Waals surface area contributed by atoms with Crippen molar-refractivity contribution in [3.05, 3.63) is 72.0 Å². The highest BCUT2D eigenvalue weighted by Crippen LogP contribution is 2.05. The van der Waals surface area contributed by atoms with Crippen LogP contribution in [0.1, 0.15) is 15.9 Å². The minimum absolute atomic E-state index is 0.156. The van der Waals surface area contributed by atoms with Crippen molar-refractivity contribution >= 4 is 40.6 Å². The molecule has 0 aromatic carbocycles. The van der Waals surface area contributed by atoms with Crippen molar-refractivity contribution in [2.75, 3.05) is 0 Å². The summed E-state index contributed by atoms with van der Waals surface area (Å²) in [6.45, 7) is 0. The number of hydrogen-bond donors (Lipinski definition) is 1. The Hall–Kier alpha value is -2.31. The maximum absolute atomic E-state index is 12.0. The lowest BCUT2D eigenvalue weighted by Gasteiger charge is -1.91. The Morgan fingerprint density at radius 1 is 1.24 bits per heavy atom. The number of H-pyrrole nitrogens is 1. The van der Waals surface area contributed by atoms with E-state index < -0.39 is 0 Å². The molecular weight excluding hydrogens is 304 g/mol. The Morgan fingerprint density at radius 3 is 2.76 bits per heavy atom. The van der Waals surface area contributed by atoms with Crippen LogP contribution >= 0.6 is 22.7 Å². The van der Waals surface area contributed by atoms with Gasteiger partial charge in [-0.2, -0.15) is 11.3 Å². The van der Waals surface area contributed by atoms with Crippen molar-refractivity contribution in [3.8, 4) is 0 Å². The van der Waals surface area contributed by atoms with E-state index in [2.05, 4.69) is 9.97 Å². The van der Waals surface area contributed by atoms with Gasteiger partial charge in [0.1, 0.15) is 0 Å². The summed E-state index contributed by atoms with van der Waals surface area (Å²) in [6, 6.07) is 5.22. The van der Waals surface area contributed by atoms with E-state index in [1.165, 1.54) is 17.4 Å². The number of carbonyl (C=O) groups excluding carboxylic acids is 1. The van der Waals surface area contributed by atoms with E-state index in [1.54, 1.807) is 35.9 Å². The second kappa shape index (κ2) is 5.99. The van der Waals surface area contributed by atoms with Crippen molar-refractivity contribution in [2.24, 2.45) is 0 Å². The summed E-state index contributed by atoms with van der Waals surface area (Å²) in [5.74, 6) is -0.156. The maximum atomic E-state index is 12.0. The summed E-state index contributed by atoms with van der Waals surface area (Å²) < 4.78 is 1.13. The molecule has 0 aliphatic heterocycles. The molecule has 3 aromatic rings. The quantitative estimate of drug-likeness (QED) is 0.743. The summed E-state index contributed by atoms with van der Waals surface area (Å²) in [5, 5.41) is 3.91. The van der Waals surface area contributed by atoms with Gasteiger partial charge in [0.2, 0.25) is 0 Å². The smallest absolute Gasteiger partial charge is 0.266 e. The summed E-state index contributed by atoms with van der Waals surface area (Å²) in [4.78, 5) is 30.5. The number of rotatable bonds is 3. The lowest BCUT2D eigenvalue weighted by Crippen LogP contribution is -2.19. The first-order chi connectivity index (χ1) is 10.2. The minimum Gasteiger partial charge on any atom is -0.313 e. The number of carbonyl (C=O) groups is 1. The molecule has 0 unspecified atom stereocenters. The fourth-order valence-corrected chi connectivity index (χ4v) is 3.25. The number of nitrogens with zero attached hydrogens (tertiary/aromatic N) is 1. The van der Waals surface area contributed by atoms with Crippen LogP contribution in [0.5, 0.6) is 0 Å². The van der Waals surface area contributed by atoms with Crippen molar-refractivity contribution < 1.29 is 4.79 Å². The fraction of sp³-hybridized carbons (Fsp3) is 0. The van der Waals surface area contributed by atoms with Crippen LogP contribution in [-0.4, -0.2) is 15.8 Å². The number of nitrogens with one attached hydrogen (secondary N) is 1. The number of thiophene rings is 1. The molecule has 1 N–H and O–H groups in total. The summed E-state index contributed by atoms with van der Waals surface area (Å²) in [5.41, 5.74) is 1.35. The van der Waals surface area contributed by atoms with Crippen LogP contribution in [0, 0.1) is 0 Å². The SMILES string of the molecule is O=C(/C=c1\[nH]c(=O)/c(=C\c2ccsc2)s1)c1ccncc1. The zero-order valence-corrected chi connectivity index (χ0v) is 12.4. The minimum atomic E-state index is -0.181. The predicted molar refractivity (Wildman–Crippen MR) is 85.1 cm³/mol. The predicted octanol–water partition coefficient (Wildman–Crippen LogP) is 1.39. The molecule has 3 rings (SSSR count). The number of aromatic amines is 1. The molecule has 3 heterocycles. The Labute approximate surface area is 127 Å². The van der Waals surface area contributed by atoms with Gasteiger partial charge in [-0.3, -0.25) is 14.6 Å². The number of hydrogen-bond acceptors (Lipinski definition) is 5. The Morgan fingerprint density at radius 2 is 2.05 bits per heavy atom. The molecule has 0 aliphatic rings. The molecule has 0 aliphatic carbocycles. The van der Waals surface area contributed by atoms with Gasteiger partial charge in [-0.25, -0.2) is 0 Å². The van der Waals surface area contributed by atoms with Gasteiger partial charge in [-0.1, -0.05) is 0 Å². The van der Waals surface area contributed by atoms with Crippen LogP contribution in [0.3, 0.4) is 0 Å². The van der Waals surface area contributed by atoms with Gasteiger partial charge in [0.05, 0.1) is 9.20 Å². The number of thiazole rings is 1. The van der Waals surface area contributed by atoms with Crippen LogP contribution in [0.15, 0.2) is 46.1 Å². The van der Waals surface area contributed by atoms with Crippen LogP contribution in [-0.2, 0) is 0 Å². The second-order valence-corrected chi connectivity index (χ2v) is 6.09. The molecule has 21 heavy (non-hydrogen) atoms. The van der Waals surface area contributed by atoms with Crippen molar-refractivity contribution in [3.63, 3.8) is 0 Å². The maximum Gasteiger partial charge on any atom is 0.266 e. The highest BCUT2D eigenvalue weighted by molar-refractivity contribution is 7.08. The molecule has 4 nitrogen and oxygen atoms in total. The zero-order valence-electron chi connectivity index (χ0n) is 10.8. The standard InChI is InChI=1S/C15H10N2O2S2/c18-12(11-1-4-16-5-2-11)8-14-17-15(19)13(21-14)7-10-3-6-20-9-10/h1-9H,(H,17,19)/b13-7+,14-8+. The van der Waals surface area contributed by atoms with Gasteiger partial charge in [-0.05, 0) is 40.6 Å².